The minimum Gasteiger partial charge on any atom is -0.396 e. The molecule has 1 atom stereocenters. The van der Waals surface area contributed by atoms with E-state index in [1.54, 1.807) is 0 Å². The van der Waals surface area contributed by atoms with Crippen molar-refractivity contribution in [2.24, 2.45) is 0 Å². The lowest BCUT2D eigenvalue weighted by atomic mass is 10.0. The summed E-state index contributed by atoms with van der Waals surface area (Å²) in [6.07, 6.45) is 6.41. The van der Waals surface area contributed by atoms with E-state index < -0.39 is 0 Å². The third-order valence-corrected chi connectivity index (χ3v) is 5.85. The largest absolute Gasteiger partial charge is 0.396 e. The van der Waals surface area contributed by atoms with Crippen LogP contribution in [0.5, 0.6) is 0 Å². The van der Waals surface area contributed by atoms with Crippen LogP contribution in [0.25, 0.3) is 0 Å². The van der Waals surface area contributed by atoms with Crippen LogP contribution in [0.15, 0.2) is 18.2 Å². The molecule has 1 aromatic rings. The number of hydrogen-bond donors (Lipinski definition) is 1. The molecule has 2 aliphatic rings. The van der Waals surface area contributed by atoms with Crippen LogP contribution in [0.3, 0.4) is 0 Å². The van der Waals surface area contributed by atoms with Crippen molar-refractivity contribution in [1.29, 1.82) is 0 Å². The van der Waals surface area contributed by atoms with E-state index in [2.05, 4.69) is 41.8 Å². The molecule has 1 heterocycles. The minimum absolute atomic E-state index is 0.311. The molecule has 3 nitrogen and oxygen atoms in total. The fraction of sp³-hybridized carbons (Fsp3) is 0.700. The quantitative estimate of drug-likeness (QED) is 0.904. The zero-order chi connectivity index (χ0) is 16.2. The third-order valence-electron chi connectivity index (χ3n) is 5.85. The summed E-state index contributed by atoms with van der Waals surface area (Å²) in [6, 6.07) is 8.15. The predicted octanol–water partition coefficient (Wildman–Crippen LogP) is 3.11. The van der Waals surface area contributed by atoms with Gasteiger partial charge in [-0.2, -0.15) is 0 Å². The third kappa shape index (κ3) is 4.14. The van der Waals surface area contributed by atoms with Gasteiger partial charge >= 0.3 is 0 Å². The van der Waals surface area contributed by atoms with Crippen molar-refractivity contribution >= 4 is 0 Å². The zero-order valence-electron chi connectivity index (χ0n) is 14.8. The van der Waals surface area contributed by atoms with Crippen LogP contribution in [-0.4, -0.2) is 53.2 Å². The minimum atomic E-state index is 0.311. The van der Waals surface area contributed by atoms with E-state index in [1.165, 1.54) is 48.9 Å². The SMILES string of the molecule is Cc1ccc(CN2CCN(C3CCCC3)C(CCO)C2)cc1C. The molecule has 1 aliphatic heterocycles. The first-order valence-corrected chi connectivity index (χ1v) is 9.32. The molecule has 1 saturated carbocycles. The van der Waals surface area contributed by atoms with E-state index in [-0.39, 0.29) is 0 Å². The number of piperazine rings is 1. The van der Waals surface area contributed by atoms with E-state index >= 15 is 0 Å². The molecule has 128 valence electrons. The van der Waals surface area contributed by atoms with Crippen LogP contribution in [0.2, 0.25) is 0 Å². The highest BCUT2D eigenvalue weighted by Gasteiger charge is 2.32. The second kappa shape index (κ2) is 7.78. The molecule has 1 aromatic carbocycles. The van der Waals surface area contributed by atoms with E-state index in [1.807, 2.05) is 0 Å². The number of aliphatic hydroxyl groups excluding tert-OH is 1. The predicted molar refractivity (Wildman–Crippen MR) is 95.6 cm³/mol. The summed E-state index contributed by atoms with van der Waals surface area (Å²) in [5.74, 6) is 0. The van der Waals surface area contributed by atoms with Crippen LogP contribution in [0, 0.1) is 13.8 Å². The van der Waals surface area contributed by atoms with Crippen molar-refractivity contribution in [2.75, 3.05) is 26.2 Å². The first kappa shape index (κ1) is 16.9. The zero-order valence-corrected chi connectivity index (χ0v) is 14.8. The highest BCUT2D eigenvalue weighted by atomic mass is 16.3. The second-order valence-corrected chi connectivity index (χ2v) is 7.50. The summed E-state index contributed by atoms with van der Waals surface area (Å²) >= 11 is 0. The molecule has 3 heteroatoms. The fourth-order valence-corrected chi connectivity index (χ4v) is 4.36. The number of hydrogen-bond acceptors (Lipinski definition) is 3. The molecule has 0 amide bonds. The van der Waals surface area contributed by atoms with Gasteiger partial charge in [0.05, 0.1) is 0 Å². The molecule has 3 rings (SSSR count). The maximum absolute atomic E-state index is 9.48. The van der Waals surface area contributed by atoms with Crippen molar-refractivity contribution in [2.45, 2.75) is 64.6 Å². The lowest BCUT2D eigenvalue weighted by Gasteiger charge is -2.44. The Bertz CT molecular complexity index is 510. The number of rotatable bonds is 5. The summed E-state index contributed by atoms with van der Waals surface area (Å²) in [7, 11) is 0. The number of nitrogens with zero attached hydrogens (tertiary/aromatic N) is 2. The van der Waals surface area contributed by atoms with Gasteiger partial charge in [0.15, 0.2) is 0 Å². The number of benzene rings is 1. The molecule has 1 saturated heterocycles. The summed E-state index contributed by atoms with van der Waals surface area (Å²) in [5, 5.41) is 9.48. The highest BCUT2D eigenvalue weighted by Crippen LogP contribution is 2.28. The van der Waals surface area contributed by atoms with E-state index in [4.69, 9.17) is 0 Å². The molecule has 23 heavy (non-hydrogen) atoms. The van der Waals surface area contributed by atoms with E-state index in [0.29, 0.717) is 12.6 Å². The first-order chi connectivity index (χ1) is 11.2. The van der Waals surface area contributed by atoms with Crippen molar-refractivity contribution in [3.63, 3.8) is 0 Å². The van der Waals surface area contributed by atoms with E-state index in [0.717, 1.165) is 32.1 Å². The molecule has 1 N–H and O–H groups in total. The average Bonchev–Trinajstić information content (AvgIpc) is 3.06. The van der Waals surface area contributed by atoms with Crippen LogP contribution >= 0.6 is 0 Å². The average molecular weight is 316 g/mol. The maximum atomic E-state index is 9.48. The van der Waals surface area contributed by atoms with Crippen LogP contribution in [-0.2, 0) is 6.54 Å². The van der Waals surface area contributed by atoms with Gasteiger partial charge in [-0.25, -0.2) is 0 Å². The van der Waals surface area contributed by atoms with Gasteiger partial charge in [0.25, 0.3) is 0 Å². The van der Waals surface area contributed by atoms with Crippen LogP contribution in [0.4, 0.5) is 0 Å². The highest BCUT2D eigenvalue weighted by molar-refractivity contribution is 5.29. The summed E-state index contributed by atoms with van der Waals surface area (Å²) in [5.41, 5.74) is 4.18. The Labute approximate surface area is 141 Å². The number of aryl methyl sites for hydroxylation is 2. The molecular weight excluding hydrogens is 284 g/mol. The molecule has 0 bridgehead atoms. The molecule has 0 radical (unpaired) electrons. The van der Waals surface area contributed by atoms with Gasteiger partial charge in [-0.1, -0.05) is 31.0 Å². The van der Waals surface area contributed by atoms with Gasteiger partial charge in [0.1, 0.15) is 0 Å². The molecule has 2 fully saturated rings. The first-order valence-electron chi connectivity index (χ1n) is 9.32. The van der Waals surface area contributed by atoms with Gasteiger partial charge in [0.2, 0.25) is 0 Å². The molecular formula is C20H32N2O. The Morgan fingerprint density at radius 1 is 1.09 bits per heavy atom. The lowest BCUT2D eigenvalue weighted by molar-refractivity contribution is 0.0267. The standard InChI is InChI=1S/C20H32N2O/c1-16-7-8-18(13-17(16)2)14-21-10-11-22(19-5-3-4-6-19)20(15-21)9-12-23/h7-8,13,19-20,23H,3-6,9-12,14-15H2,1-2H3. The Kier molecular flexibility index (Phi) is 5.73. The topological polar surface area (TPSA) is 26.7 Å². The maximum Gasteiger partial charge on any atom is 0.0446 e. The molecule has 0 spiro atoms. The molecule has 1 unspecified atom stereocenters. The van der Waals surface area contributed by atoms with Crippen molar-refractivity contribution in [3.8, 4) is 0 Å². The Morgan fingerprint density at radius 2 is 1.87 bits per heavy atom. The normalized spacial score (nSPS) is 24.4. The van der Waals surface area contributed by atoms with Crippen molar-refractivity contribution in [1.82, 2.24) is 9.80 Å². The molecule has 1 aliphatic carbocycles. The van der Waals surface area contributed by atoms with Crippen LogP contribution in [0.1, 0.15) is 48.8 Å². The van der Waals surface area contributed by atoms with Gasteiger partial charge in [-0.15, -0.1) is 0 Å². The van der Waals surface area contributed by atoms with Gasteiger partial charge in [-0.05, 0) is 49.8 Å². The lowest BCUT2D eigenvalue weighted by Crippen LogP contribution is -2.56. The van der Waals surface area contributed by atoms with Crippen molar-refractivity contribution in [3.05, 3.63) is 34.9 Å². The van der Waals surface area contributed by atoms with Crippen molar-refractivity contribution < 1.29 is 5.11 Å². The van der Waals surface area contributed by atoms with E-state index in [9.17, 15) is 5.11 Å². The number of aliphatic hydroxyl groups is 1. The van der Waals surface area contributed by atoms with Gasteiger partial charge < -0.3 is 5.11 Å². The van der Waals surface area contributed by atoms with Gasteiger partial charge in [-0.3, -0.25) is 9.80 Å². The monoisotopic (exact) mass is 316 g/mol. The fourth-order valence-electron chi connectivity index (χ4n) is 4.36. The Morgan fingerprint density at radius 3 is 2.57 bits per heavy atom. The Hall–Kier alpha value is -0.900. The summed E-state index contributed by atoms with van der Waals surface area (Å²) in [4.78, 5) is 5.29. The summed E-state index contributed by atoms with van der Waals surface area (Å²) in [6.45, 7) is 9.16. The van der Waals surface area contributed by atoms with Crippen LogP contribution < -0.4 is 0 Å². The molecule has 0 aromatic heterocycles. The Balaban J connectivity index is 1.62. The summed E-state index contributed by atoms with van der Waals surface area (Å²) < 4.78 is 0. The smallest absolute Gasteiger partial charge is 0.0446 e. The van der Waals surface area contributed by atoms with Gasteiger partial charge in [0, 0.05) is 44.9 Å². The second-order valence-electron chi connectivity index (χ2n) is 7.50.